The van der Waals surface area contributed by atoms with Crippen LogP contribution in [0.1, 0.15) is 19.3 Å². The molecule has 1 saturated heterocycles. The molecule has 0 radical (unpaired) electrons. The molecule has 1 aliphatic heterocycles. The largest absolute Gasteiger partial charge is 0.357 e. The van der Waals surface area contributed by atoms with Gasteiger partial charge in [0, 0.05) is 32.5 Å². The van der Waals surface area contributed by atoms with Crippen molar-refractivity contribution in [3.8, 4) is 0 Å². The lowest BCUT2D eigenvalue weighted by molar-refractivity contribution is 0.573. The van der Waals surface area contributed by atoms with Crippen molar-refractivity contribution < 1.29 is 0 Å². The van der Waals surface area contributed by atoms with E-state index in [4.69, 9.17) is 0 Å². The Labute approximate surface area is 99.7 Å². The Morgan fingerprint density at radius 2 is 2.00 bits per heavy atom. The minimum absolute atomic E-state index is 0.751. The Morgan fingerprint density at radius 3 is 2.76 bits per heavy atom. The lowest BCUT2D eigenvalue weighted by atomic mass is 10.1. The summed E-state index contributed by atoms with van der Waals surface area (Å²) in [6, 6.07) is 0. The van der Waals surface area contributed by atoms with Crippen LogP contribution in [0.3, 0.4) is 0 Å². The molecule has 0 aromatic carbocycles. The van der Waals surface area contributed by atoms with Gasteiger partial charge in [-0.05, 0) is 19.3 Å². The van der Waals surface area contributed by atoms with Gasteiger partial charge in [-0.2, -0.15) is 0 Å². The van der Waals surface area contributed by atoms with Crippen molar-refractivity contribution in [2.75, 3.05) is 30.4 Å². The second-order valence-electron chi connectivity index (χ2n) is 4.27. The van der Waals surface area contributed by atoms with E-state index >= 15 is 0 Å². The highest BCUT2D eigenvalue weighted by Gasteiger charge is 2.17. The zero-order valence-electron chi connectivity index (χ0n) is 9.93. The molecule has 90 valence electrons. The first-order valence-electron chi connectivity index (χ1n) is 6.02. The molecule has 0 saturated carbocycles. The fraction of sp³-hybridized carbons (Fsp3) is 0.545. The number of fused-ring (bicyclic) bond motifs is 1. The first-order chi connectivity index (χ1) is 8.40. The summed E-state index contributed by atoms with van der Waals surface area (Å²) in [7, 11) is 1.84. The second-order valence-corrected chi connectivity index (χ2v) is 4.27. The van der Waals surface area contributed by atoms with Gasteiger partial charge in [-0.1, -0.05) is 0 Å². The summed E-state index contributed by atoms with van der Waals surface area (Å²) in [5.41, 5.74) is 0.832. The van der Waals surface area contributed by atoms with Crippen LogP contribution in [0.2, 0.25) is 0 Å². The van der Waals surface area contributed by atoms with E-state index in [9.17, 15) is 0 Å². The number of piperidine rings is 1. The van der Waals surface area contributed by atoms with Crippen LogP contribution < -0.4 is 10.2 Å². The molecule has 1 N–H and O–H groups in total. The van der Waals surface area contributed by atoms with Crippen molar-refractivity contribution in [3.63, 3.8) is 0 Å². The molecule has 2 aromatic rings. The molecule has 0 unspecified atom stereocenters. The van der Waals surface area contributed by atoms with Crippen LogP contribution in [0, 0.1) is 0 Å². The molecule has 2 aromatic heterocycles. The van der Waals surface area contributed by atoms with Crippen LogP contribution in [-0.4, -0.2) is 39.7 Å². The van der Waals surface area contributed by atoms with E-state index < -0.39 is 0 Å². The van der Waals surface area contributed by atoms with Crippen molar-refractivity contribution in [2.45, 2.75) is 19.3 Å². The normalized spacial score (nSPS) is 16.4. The van der Waals surface area contributed by atoms with Gasteiger partial charge < -0.3 is 10.2 Å². The predicted molar refractivity (Wildman–Crippen MR) is 66.4 cm³/mol. The van der Waals surface area contributed by atoms with Crippen molar-refractivity contribution in [2.24, 2.45) is 0 Å². The maximum absolute atomic E-state index is 4.45. The van der Waals surface area contributed by atoms with E-state index in [-0.39, 0.29) is 0 Å². The molecule has 0 atom stereocenters. The average Bonchev–Trinajstić information content (AvgIpc) is 2.82. The number of nitrogens with zero attached hydrogens (tertiary/aromatic N) is 5. The van der Waals surface area contributed by atoms with Gasteiger partial charge >= 0.3 is 0 Å². The van der Waals surface area contributed by atoms with E-state index in [0.717, 1.165) is 30.5 Å². The van der Waals surface area contributed by atoms with Crippen molar-refractivity contribution in [3.05, 3.63) is 12.4 Å². The Bertz CT molecular complexity index is 514. The summed E-state index contributed by atoms with van der Waals surface area (Å²) in [5.74, 6) is 1.70. The van der Waals surface area contributed by atoms with E-state index in [2.05, 4.69) is 25.4 Å². The zero-order valence-corrected chi connectivity index (χ0v) is 9.93. The monoisotopic (exact) mass is 232 g/mol. The summed E-state index contributed by atoms with van der Waals surface area (Å²) in [6.07, 6.45) is 7.47. The Balaban J connectivity index is 2.06. The van der Waals surface area contributed by atoms with Crippen LogP contribution in [0.15, 0.2) is 12.4 Å². The highest BCUT2D eigenvalue weighted by Crippen LogP contribution is 2.22. The number of nitrogens with one attached hydrogen (secondary N) is 1. The Morgan fingerprint density at radius 1 is 1.18 bits per heavy atom. The highest BCUT2D eigenvalue weighted by molar-refractivity contribution is 5.65. The number of aromatic nitrogens is 4. The molecule has 0 aliphatic carbocycles. The quantitative estimate of drug-likeness (QED) is 0.842. The van der Waals surface area contributed by atoms with Crippen LogP contribution in [0.25, 0.3) is 5.65 Å². The molecule has 3 rings (SSSR count). The molecule has 1 fully saturated rings. The second kappa shape index (κ2) is 4.20. The van der Waals surface area contributed by atoms with E-state index in [0.29, 0.717) is 0 Å². The first kappa shape index (κ1) is 10.3. The number of rotatable bonds is 2. The Hall–Kier alpha value is -1.85. The van der Waals surface area contributed by atoms with Gasteiger partial charge in [-0.25, -0.2) is 4.98 Å². The molecule has 0 spiro atoms. The summed E-state index contributed by atoms with van der Waals surface area (Å²) in [4.78, 5) is 6.75. The SMILES string of the molecule is CNc1nnc2c(N3CCCCC3)nccn12. The van der Waals surface area contributed by atoms with E-state index in [1.165, 1.54) is 19.3 Å². The molecule has 0 bridgehead atoms. The van der Waals surface area contributed by atoms with Crippen molar-refractivity contribution in [1.29, 1.82) is 0 Å². The lowest BCUT2D eigenvalue weighted by Gasteiger charge is -2.27. The first-order valence-corrected chi connectivity index (χ1v) is 6.02. The lowest BCUT2D eigenvalue weighted by Crippen LogP contribution is -2.30. The minimum Gasteiger partial charge on any atom is -0.357 e. The summed E-state index contributed by atoms with van der Waals surface area (Å²) < 4.78 is 1.94. The van der Waals surface area contributed by atoms with Crippen LogP contribution in [0.4, 0.5) is 11.8 Å². The molecule has 6 nitrogen and oxygen atoms in total. The fourth-order valence-electron chi connectivity index (χ4n) is 2.31. The van der Waals surface area contributed by atoms with Crippen LogP contribution in [-0.2, 0) is 0 Å². The molecule has 17 heavy (non-hydrogen) atoms. The van der Waals surface area contributed by atoms with Gasteiger partial charge in [0.2, 0.25) is 11.6 Å². The maximum atomic E-state index is 4.45. The Kier molecular flexibility index (Phi) is 2.55. The topological polar surface area (TPSA) is 58.4 Å². The van der Waals surface area contributed by atoms with Gasteiger partial charge in [-0.15, -0.1) is 10.2 Å². The average molecular weight is 232 g/mol. The standard InChI is InChI=1S/C11H16N6/c1-12-11-15-14-10-9(13-5-8-17(10)11)16-6-3-2-4-7-16/h5,8H,2-4,6-7H2,1H3,(H,12,15). The minimum atomic E-state index is 0.751. The van der Waals surface area contributed by atoms with Crippen LogP contribution >= 0.6 is 0 Å². The maximum Gasteiger partial charge on any atom is 0.228 e. The van der Waals surface area contributed by atoms with Gasteiger partial charge in [0.05, 0.1) is 0 Å². The number of hydrogen-bond donors (Lipinski definition) is 1. The highest BCUT2D eigenvalue weighted by atomic mass is 15.3. The van der Waals surface area contributed by atoms with E-state index in [1.54, 1.807) is 6.20 Å². The third kappa shape index (κ3) is 1.69. The summed E-state index contributed by atoms with van der Waals surface area (Å²) in [5, 5.41) is 11.3. The number of anilines is 2. The molecular formula is C11H16N6. The molecule has 3 heterocycles. The van der Waals surface area contributed by atoms with Gasteiger partial charge in [0.25, 0.3) is 0 Å². The van der Waals surface area contributed by atoms with E-state index in [1.807, 2.05) is 17.6 Å². The van der Waals surface area contributed by atoms with Crippen LogP contribution in [0.5, 0.6) is 0 Å². The molecular weight excluding hydrogens is 216 g/mol. The van der Waals surface area contributed by atoms with Gasteiger partial charge in [0.1, 0.15) is 0 Å². The molecule has 0 amide bonds. The zero-order chi connectivity index (χ0) is 11.7. The predicted octanol–water partition coefficient (Wildman–Crippen LogP) is 1.16. The fourth-order valence-corrected chi connectivity index (χ4v) is 2.31. The van der Waals surface area contributed by atoms with Gasteiger partial charge in [-0.3, -0.25) is 4.40 Å². The summed E-state index contributed by atoms with van der Waals surface area (Å²) >= 11 is 0. The van der Waals surface area contributed by atoms with Crippen molar-refractivity contribution >= 4 is 17.4 Å². The van der Waals surface area contributed by atoms with Gasteiger partial charge in [0.15, 0.2) is 5.82 Å². The molecule has 6 heteroatoms. The molecule has 1 aliphatic rings. The third-order valence-corrected chi connectivity index (χ3v) is 3.19. The number of hydrogen-bond acceptors (Lipinski definition) is 5. The third-order valence-electron chi connectivity index (χ3n) is 3.19. The summed E-state index contributed by atoms with van der Waals surface area (Å²) in [6.45, 7) is 2.13. The smallest absolute Gasteiger partial charge is 0.228 e. The van der Waals surface area contributed by atoms with Crippen molar-refractivity contribution in [1.82, 2.24) is 19.6 Å².